The van der Waals surface area contributed by atoms with E-state index in [1.165, 1.54) is 9.58 Å². The van der Waals surface area contributed by atoms with Crippen LogP contribution >= 0.6 is 0 Å². The van der Waals surface area contributed by atoms with Gasteiger partial charge in [0, 0.05) is 13.2 Å². The summed E-state index contributed by atoms with van der Waals surface area (Å²) in [6, 6.07) is 0.948. The highest BCUT2D eigenvalue weighted by molar-refractivity contribution is 6.06. The molecule has 1 aliphatic rings. The average Bonchev–Trinajstić information content (AvgIpc) is 2.74. The maximum atomic E-state index is 12.2. The average molecular weight is 250 g/mol. The number of hydrogen-bond donors (Lipinski definition) is 1. The Hall–Kier alpha value is -2.18. The van der Waals surface area contributed by atoms with Gasteiger partial charge in [-0.3, -0.25) is 24.4 Å². The second-order valence-corrected chi connectivity index (χ2v) is 4.14. The molecule has 18 heavy (non-hydrogen) atoms. The molecule has 1 fully saturated rings. The predicted octanol–water partition coefficient (Wildman–Crippen LogP) is -0.703. The van der Waals surface area contributed by atoms with Crippen molar-refractivity contribution < 1.29 is 14.4 Å². The zero-order valence-electron chi connectivity index (χ0n) is 10.2. The number of carbonyl (C=O) groups is 3. The number of amides is 3. The van der Waals surface area contributed by atoms with Gasteiger partial charge >= 0.3 is 0 Å². The lowest BCUT2D eigenvalue weighted by atomic mass is 10.1. The van der Waals surface area contributed by atoms with Crippen LogP contribution in [-0.4, -0.2) is 45.0 Å². The summed E-state index contributed by atoms with van der Waals surface area (Å²) < 4.78 is 1.50. The summed E-state index contributed by atoms with van der Waals surface area (Å²) in [5.41, 5.74) is 0.235. The molecule has 1 unspecified atom stereocenters. The maximum absolute atomic E-state index is 12.2. The lowest BCUT2D eigenvalue weighted by molar-refractivity contribution is -0.138. The summed E-state index contributed by atoms with van der Waals surface area (Å²) in [6.45, 7) is 1.68. The van der Waals surface area contributed by atoms with Crippen LogP contribution < -0.4 is 5.32 Å². The molecule has 1 aromatic rings. The van der Waals surface area contributed by atoms with Crippen molar-refractivity contribution in [1.29, 1.82) is 0 Å². The van der Waals surface area contributed by atoms with Crippen LogP contribution in [0.1, 0.15) is 23.8 Å². The number of piperazine rings is 1. The van der Waals surface area contributed by atoms with Gasteiger partial charge in [0.05, 0.1) is 0 Å². The third-order valence-corrected chi connectivity index (χ3v) is 2.84. The van der Waals surface area contributed by atoms with E-state index in [0.29, 0.717) is 6.42 Å². The van der Waals surface area contributed by atoms with E-state index >= 15 is 0 Å². The Kier molecular flexibility index (Phi) is 3.14. The van der Waals surface area contributed by atoms with Crippen LogP contribution in [0, 0.1) is 0 Å². The van der Waals surface area contributed by atoms with Crippen molar-refractivity contribution in [2.45, 2.75) is 19.4 Å². The first-order valence-electron chi connectivity index (χ1n) is 5.67. The number of imide groups is 1. The van der Waals surface area contributed by atoms with Crippen molar-refractivity contribution in [3.05, 3.63) is 18.0 Å². The Bertz CT molecular complexity index is 508. The summed E-state index contributed by atoms with van der Waals surface area (Å²) in [6.07, 6.45) is 2.09. The normalized spacial score (nSPS) is 19.9. The molecule has 2 rings (SSSR count). The molecule has 0 spiro atoms. The Morgan fingerprint density at radius 2 is 2.28 bits per heavy atom. The molecule has 0 saturated carbocycles. The topological polar surface area (TPSA) is 84.3 Å². The Balaban J connectivity index is 2.26. The van der Waals surface area contributed by atoms with Crippen molar-refractivity contribution in [3.8, 4) is 0 Å². The summed E-state index contributed by atoms with van der Waals surface area (Å²) in [4.78, 5) is 36.4. The molecule has 0 bridgehead atoms. The Labute approximate surface area is 104 Å². The molecule has 0 aliphatic carbocycles. The van der Waals surface area contributed by atoms with Crippen molar-refractivity contribution in [2.24, 2.45) is 7.05 Å². The first-order chi connectivity index (χ1) is 8.52. The first-order valence-corrected chi connectivity index (χ1v) is 5.67. The number of aromatic nitrogens is 2. The minimum atomic E-state index is -0.614. The summed E-state index contributed by atoms with van der Waals surface area (Å²) in [7, 11) is 1.70. The van der Waals surface area contributed by atoms with Crippen molar-refractivity contribution >= 4 is 17.7 Å². The largest absolute Gasteiger partial charge is 0.316 e. The zero-order valence-corrected chi connectivity index (χ0v) is 10.2. The fourth-order valence-corrected chi connectivity index (χ4v) is 1.96. The maximum Gasteiger partial charge on any atom is 0.275 e. The van der Waals surface area contributed by atoms with Crippen LogP contribution in [0.5, 0.6) is 0 Å². The number of aryl methyl sites for hydroxylation is 1. The molecule has 0 radical (unpaired) electrons. The van der Waals surface area contributed by atoms with Crippen LogP contribution in [0.4, 0.5) is 0 Å². The van der Waals surface area contributed by atoms with Crippen LogP contribution in [-0.2, 0) is 16.6 Å². The van der Waals surface area contributed by atoms with E-state index in [1.54, 1.807) is 26.2 Å². The lowest BCUT2D eigenvalue weighted by Crippen LogP contribution is -2.59. The molecule has 1 aromatic heterocycles. The fraction of sp³-hybridized carbons (Fsp3) is 0.455. The van der Waals surface area contributed by atoms with E-state index in [1.807, 2.05) is 0 Å². The number of hydrogen-bond acceptors (Lipinski definition) is 4. The third-order valence-electron chi connectivity index (χ3n) is 2.84. The molecule has 1 aliphatic heterocycles. The third kappa shape index (κ3) is 2.11. The Morgan fingerprint density at radius 3 is 2.83 bits per heavy atom. The van der Waals surface area contributed by atoms with E-state index in [2.05, 4.69) is 10.4 Å². The quantitative estimate of drug-likeness (QED) is 0.703. The van der Waals surface area contributed by atoms with E-state index in [4.69, 9.17) is 0 Å². The van der Waals surface area contributed by atoms with E-state index in [-0.39, 0.29) is 12.2 Å². The van der Waals surface area contributed by atoms with Gasteiger partial charge in [-0.15, -0.1) is 0 Å². The molecular formula is C11H14N4O3. The number of nitrogens with zero attached hydrogens (tertiary/aromatic N) is 3. The van der Waals surface area contributed by atoms with E-state index < -0.39 is 23.8 Å². The number of nitrogens with one attached hydrogen (secondary N) is 1. The van der Waals surface area contributed by atoms with Gasteiger partial charge in [-0.2, -0.15) is 5.10 Å². The van der Waals surface area contributed by atoms with Gasteiger partial charge in [0.1, 0.15) is 18.3 Å². The smallest absolute Gasteiger partial charge is 0.275 e. The SMILES string of the molecule is CCC1C(=O)NC(=O)CN1C(=O)c1ccn(C)n1. The number of carbonyl (C=O) groups excluding carboxylic acids is 3. The molecule has 7 nitrogen and oxygen atoms in total. The second kappa shape index (κ2) is 4.59. The first kappa shape index (κ1) is 12.3. The molecule has 96 valence electrons. The van der Waals surface area contributed by atoms with E-state index in [9.17, 15) is 14.4 Å². The van der Waals surface area contributed by atoms with Gasteiger partial charge in [0.25, 0.3) is 5.91 Å². The molecule has 1 saturated heterocycles. The predicted molar refractivity (Wildman–Crippen MR) is 61.5 cm³/mol. The zero-order chi connectivity index (χ0) is 13.3. The summed E-state index contributed by atoms with van der Waals surface area (Å²) in [5, 5.41) is 6.21. The van der Waals surface area contributed by atoms with Crippen LogP contribution in [0.15, 0.2) is 12.3 Å². The number of rotatable bonds is 2. The van der Waals surface area contributed by atoms with Gasteiger partial charge in [-0.05, 0) is 12.5 Å². The molecule has 1 atom stereocenters. The van der Waals surface area contributed by atoms with Crippen LogP contribution in [0.3, 0.4) is 0 Å². The Morgan fingerprint density at radius 1 is 1.56 bits per heavy atom. The minimum Gasteiger partial charge on any atom is -0.316 e. The van der Waals surface area contributed by atoms with Gasteiger partial charge in [-0.25, -0.2) is 0 Å². The highest BCUT2D eigenvalue weighted by atomic mass is 16.2. The van der Waals surface area contributed by atoms with Gasteiger partial charge < -0.3 is 4.90 Å². The van der Waals surface area contributed by atoms with Gasteiger partial charge in [-0.1, -0.05) is 6.92 Å². The van der Waals surface area contributed by atoms with E-state index in [0.717, 1.165) is 0 Å². The second-order valence-electron chi connectivity index (χ2n) is 4.14. The van der Waals surface area contributed by atoms with Crippen molar-refractivity contribution in [3.63, 3.8) is 0 Å². The highest BCUT2D eigenvalue weighted by Gasteiger charge is 2.36. The lowest BCUT2D eigenvalue weighted by Gasteiger charge is -2.32. The summed E-state index contributed by atoms with van der Waals surface area (Å²) >= 11 is 0. The van der Waals surface area contributed by atoms with Crippen LogP contribution in [0.2, 0.25) is 0 Å². The minimum absolute atomic E-state index is 0.111. The van der Waals surface area contributed by atoms with Gasteiger partial charge in [0.15, 0.2) is 0 Å². The monoisotopic (exact) mass is 250 g/mol. The molecule has 2 heterocycles. The van der Waals surface area contributed by atoms with Crippen molar-refractivity contribution in [2.75, 3.05) is 6.54 Å². The molecule has 1 N–H and O–H groups in total. The molecule has 7 heteroatoms. The van der Waals surface area contributed by atoms with Crippen molar-refractivity contribution in [1.82, 2.24) is 20.0 Å². The summed E-state index contributed by atoms with van der Waals surface area (Å²) in [5.74, 6) is -1.29. The molecular weight excluding hydrogens is 236 g/mol. The fourth-order valence-electron chi connectivity index (χ4n) is 1.96. The standard InChI is InChI=1S/C11H14N4O3/c1-3-8-10(17)12-9(16)6-15(8)11(18)7-4-5-14(2)13-7/h4-5,8H,3,6H2,1-2H3,(H,12,16,17). The van der Waals surface area contributed by atoms with Crippen LogP contribution in [0.25, 0.3) is 0 Å². The highest BCUT2D eigenvalue weighted by Crippen LogP contribution is 2.12. The van der Waals surface area contributed by atoms with Gasteiger partial charge in [0.2, 0.25) is 11.8 Å². The molecule has 0 aromatic carbocycles. The molecule has 3 amide bonds.